The number of hydrogen-bond donors (Lipinski definition) is 0. The molecule has 1 aliphatic heterocycles. The zero-order valence-electron chi connectivity index (χ0n) is 18.9. The molecule has 0 radical (unpaired) electrons. The Kier molecular flexibility index (Phi) is 6.93. The zero-order chi connectivity index (χ0) is 23.3. The molecule has 0 saturated carbocycles. The average Bonchev–Trinajstić information content (AvgIpc) is 2.98. The highest BCUT2D eigenvalue weighted by molar-refractivity contribution is 6.12. The fourth-order valence-electron chi connectivity index (χ4n) is 3.68. The second kappa shape index (κ2) is 9.64. The number of imide groups is 1. The van der Waals surface area contributed by atoms with E-state index in [1.54, 1.807) is 57.3 Å². The summed E-state index contributed by atoms with van der Waals surface area (Å²) < 4.78 is 6.04. The minimum Gasteiger partial charge on any atom is -0.489 e. The van der Waals surface area contributed by atoms with E-state index >= 15 is 0 Å². The van der Waals surface area contributed by atoms with Gasteiger partial charge in [0.15, 0.2) is 5.78 Å². The van der Waals surface area contributed by atoms with E-state index in [9.17, 15) is 14.4 Å². The molecule has 1 aliphatic rings. The SMILES string of the molecule is C/C=C\C(OCc1ccccc1)=C(/C)C1(C)C(=O)N(CC(=O)c2ccccc2)C(=O)N1C. The Bertz CT molecular complexity index is 1060. The van der Waals surface area contributed by atoms with Gasteiger partial charge in [-0.05, 0) is 32.4 Å². The largest absolute Gasteiger partial charge is 0.489 e. The Balaban J connectivity index is 1.88. The number of amides is 3. The number of carbonyl (C=O) groups excluding carboxylic acids is 3. The van der Waals surface area contributed by atoms with Crippen LogP contribution in [0.15, 0.2) is 84.1 Å². The molecule has 3 amide bonds. The van der Waals surface area contributed by atoms with E-state index in [1.807, 2.05) is 43.3 Å². The van der Waals surface area contributed by atoms with Crippen LogP contribution in [0.25, 0.3) is 0 Å². The van der Waals surface area contributed by atoms with Crippen LogP contribution in [0.5, 0.6) is 0 Å². The van der Waals surface area contributed by atoms with Gasteiger partial charge in [-0.2, -0.15) is 0 Å². The van der Waals surface area contributed by atoms with Crippen molar-refractivity contribution in [1.29, 1.82) is 0 Å². The number of carbonyl (C=O) groups is 3. The summed E-state index contributed by atoms with van der Waals surface area (Å²) in [7, 11) is 1.57. The molecule has 6 heteroatoms. The van der Waals surface area contributed by atoms with Crippen molar-refractivity contribution in [2.75, 3.05) is 13.6 Å². The molecule has 32 heavy (non-hydrogen) atoms. The molecule has 3 rings (SSSR count). The van der Waals surface area contributed by atoms with Crippen molar-refractivity contribution in [1.82, 2.24) is 9.80 Å². The Hall–Kier alpha value is -3.67. The van der Waals surface area contributed by atoms with Crippen LogP contribution in [0.3, 0.4) is 0 Å². The van der Waals surface area contributed by atoms with Crippen molar-refractivity contribution >= 4 is 17.7 Å². The number of benzene rings is 2. The zero-order valence-corrected chi connectivity index (χ0v) is 18.9. The van der Waals surface area contributed by atoms with E-state index in [2.05, 4.69) is 0 Å². The highest BCUT2D eigenvalue weighted by Gasteiger charge is 2.54. The predicted molar refractivity (Wildman–Crippen MR) is 123 cm³/mol. The first-order valence-electron chi connectivity index (χ1n) is 10.5. The van der Waals surface area contributed by atoms with Crippen molar-refractivity contribution in [2.24, 2.45) is 0 Å². The summed E-state index contributed by atoms with van der Waals surface area (Å²) in [6, 6.07) is 17.8. The molecular formula is C26H28N2O4. The van der Waals surface area contributed by atoms with Crippen molar-refractivity contribution in [3.8, 4) is 0 Å². The number of Topliss-reactive ketones (excluding diaryl/α,β-unsaturated/α-hetero) is 1. The van der Waals surface area contributed by atoms with Crippen LogP contribution in [0.4, 0.5) is 4.79 Å². The number of nitrogens with zero attached hydrogens (tertiary/aromatic N) is 2. The Morgan fingerprint density at radius 3 is 2.22 bits per heavy atom. The molecule has 2 aromatic carbocycles. The summed E-state index contributed by atoms with van der Waals surface area (Å²) in [6.07, 6.45) is 3.61. The average molecular weight is 433 g/mol. The topological polar surface area (TPSA) is 66.9 Å². The molecule has 0 N–H and O–H groups in total. The van der Waals surface area contributed by atoms with Crippen molar-refractivity contribution in [3.05, 3.63) is 95.3 Å². The molecular weight excluding hydrogens is 404 g/mol. The van der Waals surface area contributed by atoms with Crippen LogP contribution in [-0.4, -0.2) is 46.7 Å². The maximum Gasteiger partial charge on any atom is 0.328 e. The van der Waals surface area contributed by atoms with Crippen LogP contribution >= 0.6 is 0 Å². The maximum absolute atomic E-state index is 13.4. The molecule has 2 aromatic rings. The molecule has 1 saturated heterocycles. The second-order valence-corrected chi connectivity index (χ2v) is 7.86. The number of ether oxygens (including phenoxy) is 1. The van der Waals surface area contributed by atoms with Crippen LogP contribution in [-0.2, 0) is 16.1 Å². The third kappa shape index (κ3) is 4.35. The number of allylic oxidation sites excluding steroid dienone is 2. The monoisotopic (exact) mass is 432 g/mol. The second-order valence-electron chi connectivity index (χ2n) is 7.86. The van der Waals surface area contributed by atoms with E-state index in [1.165, 1.54) is 4.90 Å². The molecule has 1 atom stereocenters. The van der Waals surface area contributed by atoms with Crippen LogP contribution in [0.1, 0.15) is 36.7 Å². The minimum atomic E-state index is -1.26. The van der Waals surface area contributed by atoms with Gasteiger partial charge < -0.3 is 9.64 Å². The molecule has 1 fully saturated rings. The lowest BCUT2D eigenvalue weighted by molar-refractivity contribution is -0.130. The molecule has 1 unspecified atom stereocenters. The van der Waals surface area contributed by atoms with Crippen LogP contribution in [0.2, 0.25) is 0 Å². The molecule has 166 valence electrons. The van der Waals surface area contributed by atoms with E-state index < -0.39 is 17.5 Å². The van der Waals surface area contributed by atoms with Crippen molar-refractivity contribution in [2.45, 2.75) is 32.9 Å². The Morgan fingerprint density at radius 2 is 1.62 bits per heavy atom. The first kappa shape index (κ1) is 23.0. The summed E-state index contributed by atoms with van der Waals surface area (Å²) in [6.45, 7) is 5.35. The first-order valence-corrected chi connectivity index (χ1v) is 10.5. The highest BCUT2D eigenvalue weighted by Crippen LogP contribution is 2.35. The van der Waals surface area contributed by atoms with Gasteiger partial charge in [-0.15, -0.1) is 0 Å². The predicted octanol–water partition coefficient (Wildman–Crippen LogP) is 4.59. The van der Waals surface area contributed by atoms with Gasteiger partial charge in [-0.25, -0.2) is 4.79 Å². The van der Waals surface area contributed by atoms with Gasteiger partial charge in [-0.3, -0.25) is 14.5 Å². The molecule has 0 bridgehead atoms. The number of likely N-dealkylation sites (N-methyl/N-ethyl adjacent to an activating group) is 1. The van der Waals surface area contributed by atoms with Gasteiger partial charge in [-0.1, -0.05) is 66.7 Å². The fraction of sp³-hybridized carbons (Fsp3) is 0.269. The lowest BCUT2D eigenvalue weighted by Crippen LogP contribution is -2.47. The van der Waals surface area contributed by atoms with Gasteiger partial charge in [0.2, 0.25) is 0 Å². The highest BCUT2D eigenvalue weighted by atomic mass is 16.5. The number of rotatable bonds is 8. The van der Waals surface area contributed by atoms with E-state index in [0.717, 1.165) is 10.5 Å². The summed E-state index contributed by atoms with van der Waals surface area (Å²) in [5.41, 5.74) is 0.781. The summed E-state index contributed by atoms with van der Waals surface area (Å²) in [4.78, 5) is 41.4. The van der Waals surface area contributed by atoms with Gasteiger partial charge in [0.1, 0.15) is 17.9 Å². The summed E-state index contributed by atoms with van der Waals surface area (Å²) in [5.74, 6) is -0.222. The quantitative estimate of drug-likeness (QED) is 0.265. The third-order valence-corrected chi connectivity index (χ3v) is 5.90. The first-order chi connectivity index (χ1) is 15.3. The Morgan fingerprint density at radius 1 is 1.03 bits per heavy atom. The van der Waals surface area contributed by atoms with E-state index in [4.69, 9.17) is 4.74 Å². The summed E-state index contributed by atoms with van der Waals surface area (Å²) in [5, 5.41) is 0. The van der Waals surface area contributed by atoms with E-state index in [0.29, 0.717) is 23.5 Å². The molecule has 1 heterocycles. The van der Waals surface area contributed by atoms with Crippen LogP contribution < -0.4 is 0 Å². The molecule has 0 spiro atoms. The van der Waals surface area contributed by atoms with Gasteiger partial charge in [0, 0.05) is 18.2 Å². The van der Waals surface area contributed by atoms with Crippen molar-refractivity contribution < 1.29 is 19.1 Å². The third-order valence-electron chi connectivity index (χ3n) is 5.90. The lowest BCUT2D eigenvalue weighted by Gasteiger charge is -2.30. The van der Waals surface area contributed by atoms with Gasteiger partial charge >= 0.3 is 6.03 Å². The molecule has 6 nitrogen and oxygen atoms in total. The van der Waals surface area contributed by atoms with Gasteiger partial charge in [0.25, 0.3) is 5.91 Å². The normalized spacial score (nSPS) is 19.5. The number of urea groups is 1. The smallest absolute Gasteiger partial charge is 0.328 e. The molecule has 0 aromatic heterocycles. The van der Waals surface area contributed by atoms with Gasteiger partial charge in [0.05, 0.1) is 6.54 Å². The number of ketones is 1. The molecule has 0 aliphatic carbocycles. The minimum absolute atomic E-state index is 0.291. The maximum atomic E-state index is 13.4. The number of hydrogen-bond acceptors (Lipinski definition) is 4. The summed E-state index contributed by atoms with van der Waals surface area (Å²) >= 11 is 0. The Labute approximate surface area is 188 Å². The van der Waals surface area contributed by atoms with Crippen LogP contribution in [0, 0.1) is 0 Å². The lowest BCUT2D eigenvalue weighted by atomic mass is 9.90. The fourth-order valence-corrected chi connectivity index (χ4v) is 3.68. The van der Waals surface area contributed by atoms with Crippen molar-refractivity contribution in [3.63, 3.8) is 0 Å². The standard InChI is InChI=1S/C26H28N2O4/c1-5-12-23(32-18-20-13-8-6-9-14-20)19(2)26(3)24(30)28(25(31)27(26)4)17-22(29)21-15-10-7-11-16-21/h5-16H,17-18H2,1-4H3/b12-5-,23-19-. The van der Waals surface area contributed by atoms with E-state index in [-0.39, 0.29) is 12.3 Å².